The van der Waals surface area contributed by atoms with Gasteiger partial charge >= 0.3 is 6.09 Å². The number of ketones is 1. The maximum Gasteiger partial charge on any atom is 0.410 e. The third-order valence-electron chi connectivity index (χ3n) is 4.00. The lowest BCUT2D eigenvalue weighted by molar-refractivity contribution is 0.0152. The van der Waals surface area contributed by atoms with Gasteiger partial charge in [-0.1, -0.05) is 0 Å². The van der Waals surface area contributed by atoms with Crippen molar-refractivity contribution in [1.29, 1.82) is 0 Å². The minimum Gasteiger partial charge on any atom is -0.444 e. The van der Waals surface area contributed by atoms with Gasteiger partial charge in [0.25, 0.3) is 0 Å². The highest BCUT2D eigenvalue weighted by atomic mass is 16.6. The van der Waals surface area contributed by atoms with Crippen LogP contribution in [-0.2, 0) is 4.74 Å². The molecule has 0 unspecified atom stereocenters. The van der Waals surface area contributed by atoms with Gasteiger partial charge in [-0.25, -0.2) is 9.78 Å². The topological polar surface area (TPSA) is 75.6 Å². The highest BCUT2D eigenvalue weighted by Gasteiger charge is 2.29. The van der Waals surface area contributed by atoms with Gasteiger partial charge in [-0.3, -0.25) is 14.7 Å². The molecule has 132 valence electrons. The molecule has 1 saturated heterocycles. The number of amides is 1. The number of rotatable bonds is 4. The van der Waals surface area contributed by atoms with E-state index in [4.69, 9.17) is 4.74 Å². The van der Waals surface area contributed by atoms with E-state index >= 15 is 0 Å². The van der Waals surface area contributed by atoms with Crippen molar-refractivity contribution in [2.45, 2.75) is 45.3 Å². The Morgan fingerprint density at radius 1 is 1.29 bits per heavy atom. The molecular weight excluding hydrogens is 308 g/mol. The monoisotopic (exact) mass is 334 g/mol. The zero-order valence-electron chi connectivity index (χ0n) is 14.9. The van der Waals surface area contributed by atoms with Crippen LogP contribution < -0.4 is 0 Å². The molecule has 0 atom stereocenters. The van der Waals surface area contributed by atoms with Gasteiger partial charge in [-0.05, 0) is 33.6 Å². The molecule has 1 aliphatic heterocycles. The lowest BCUT2D eigenvalue weighted by Gasteiger charge is -2.36. The molecule has 0 spiro atoms. The Hall–Kier alpha value is -2.02. The molecule has 7 heteroatoms. The molecule has 0 radical (unpaired) electrons. The van der Waals surface area contributed by atoms with Crippen LogP contribution in [0.2, 0.25) is 0 Å². The summed E-state index contributed by atoms with van der Waals surface area (Å²) in [5.74, 6) is -0.0259. The van der Waals surface area contributed by atoms with Gasteiger partial charge in [0.2, 0.25) is 0 Å². The van der Waals surface area contributed by atoms with Crippen LogP contribution in [0.4, 0.5) is 4.79 Å². The third kappa shape index (κ3) is 5.26. The van der Waals surface area contributed by atoms with E-state index in [0.717, 1.165) is 25.9 Å². The Balaban J connectivity index is 1.81. The van der Waals surface area contributed by atoms with Gasteiger partial charge in [0, 0.05) is 38.6 Å². The normalized spacial score (nSPS) is 16.7. The van der Waals surface area contributed by atoms with E-state index in [1.807, 2.05) is 20.8 Å². The van der Waals surface area contributed by atoms with E-state index in [9.17, 15) is 9.59 Å². The summed E-state index contributed by atoms with van der Waals surface area (Å²) < 4.78 is 5.41. The largest absolute Gasteiger partial charge is 0.444 e. The van der Waals surface area contributed by atoms with Gasteiger partial charge < -0.3 is 9.64 Å². The number of Topliss-reactive ketones (excluding diaryl/α,β-unsaturated/α-hetero) is 1. The van der Waals surface area contributed by atoms with Gasteiger partial charge in [0.05, 0.1) is 12.7 Å². The molecule has 0 N–H and O–H groups in total. The molecular formula is C17H26N4O3. The lowest BCUT2D eigenvalue weighted by atomic mass is 10.0. The van der Waals surface area contributed by atoms with Crippen molar-refractivity contribution >= 4 is 11.9 Å². The van der Waals surface area contributed by atoms with Crippen LogP contribution >= 0.6 is 0 Å². The van der Waals surface area contributed by atoms with E-state index in [-0.39, 0.29) is 17.9 Å². The fourth-order valence-corrected chi connectivity index (χ4v) is 2.67. The van der Waals surface area contributed by atoms with Crippen molar-refractivity contribution in [2.75, 3.05) is 26.7 Å². The first-order valence-corrected chi connectivity index (χ1v) is 8.23. The highest BCUT2D eigenvalue weighted by Crippen LogP contribution is 2.18. The second-order valence-corrected chi connectivity index (χ2v) is 7.11. The van der Waals surface area contributed by atoms with E-state index in [1.54, 1.807) is 18.1 Å². The van der Waals surface area contributed by atoms with Gasteiger partial charge in [-0.15, -0.1) is 0 Å². The molecule has 1 aliphatic rings. The SMILES string of the molecule is CN(C(=O)OC(C)(C)C)C1CCN(CC(=O)c2cnccn2)CC1. The van der Waals surface area contributed by atoms with Gasteiger partial charge in [0.1, 0.15) is 11.3 Å². The molecule has 1 amide bonds. The molecule has 1 aromatic heterocycles. The minimum atomic E-state index is -0.491. The van der Waals surface area contributed by atoms with E-state index in [0.29, 0.717) is 12.2 Å². The summed E-state index contributed by atoms with van der Waals surface area (Å²) >= 11 is 0. The maximum absolute atomic E-state index is 12.2. The van der Waals surface area contributed by atoms with Gasteiger partial charge in [0.15, 0.2) is 5.78 Å². The fraction of sp³-hybridized carbons (Fsp3) is 0.647. The van der Waals surface area contributed by atoms with Crippen molar-refractivity contribution in [1.82, 2.24) is 19.8 Å². The Morgan fingerprint density at radius 3 is 2.50 bits per heavy atom. The van der Waals surface area contributed by atoms with Crippen LogP contribution in [-0.4, -0.2) is 70.0 Å². The summed E-state index contributed by atoms with van der Waals surface area (Å²) in [6.45, 7) is 7.45. The quantitative estimate of drug-likeness (QED) is 0.784. The number of hydrogen-bond acceptors (Lipinski definition) is 6. The van der Waals surface area contributed by atoms with E-state index in [1.165, 1.54) is 12.4 Å². The predicted octanol–water partition coefficient (Wildman–Crippen LogP) is 1.99. The first kappa shape index (κ1) is 18.3. The fourth-order valence-electron chi connectivity index (χ4n) is 2.67. The summed E-state index contributed by atoms with van der Waals surface area (Å²) in [6.07, 6.45) is 5.92. The molecule has 0 aromatic carbocycles. The summed E-state index contributed by atoms with van der Waals surface area (Å²) in [7, 11) is 1.78. The third-order valence-corrected chi connectivity index (χ3v) is 4.00. The number of carbonyl (C=O) groups is 2. The molecule has 1 aromatic rings. The van der Waals surface area contributed by atoms with Crippen LogP contribution in [0.15, 0.2) is 18.6 Å². The smallest absolute Gasteiger partial charge is 0.410 e. The Bertz CT molecular complexity index is 563. The van der Waals surface area contributed by atoms with Crippen molar-refractivity contribution < 1.29 is 14.3 Å². The number of hydrogen-bond donors (Lipinski definition) is 0. The first-order valence-electron chi connectivity index (χ1n) is 8.23. The molecule has 0 aliphatic carbocycles. The van der Waals surface area contributed by atoms with E-state index < -0.39 is 5.60 Å². The average Bonchev–Trinajstić information content (AvgIpc) is 2.54. The lowest BCUT2D eigenvalue weighted by Crippen LogP contribution is -2.47. The second kappa shape index (κ2) is 7.70. The summed E-state index contributed by atoms with van der Waals surface area (Å²) in [5, 5.41) is 0. The summed E-state index contributed by atoms with van der Waals surface area (Å²) in [6, 6.07) is 0.141. The highest BCUT2D eigenvalue weighted by molar-refractivity contribution is 5.95. The number of aromatic nitrogens is 2. The Morgan fingerprint density at radius 2 is 1.96 bits per heavy atom. The number of piperidine rings is 1. The molecule has 24 heavy (non-hydrogen) atoms. The molecule has 0 bridgehead atoms. The average molecular weight is 334 g/mol. The standard InChI is InChI=1S/C17H26N4O3/c1-17(2,3)24-16(23)20(4)13-5-9-21(10-6-13)12-15(22)14-11-18-7-8-19-14/h7-8,11,13H,5-6,9-10,12H2,1-4H3. The molecule has 2 heterocycles. The number of ether oxygens (including phenoxy) is 1. The van der Waals surface area contributed by atoms with Crippen LogP contribution in [0.5, 0.6) is 0 Å². The molecule has 1 fully saturated rings. The van der Waals surface area contributed by atoms with Crippen LogP contribution in [0.25, 0.3) is 0 Å². The summed E-state index contributed by atoms with van der Waals surface area (Å²) in [5.41, 5.74) is -0.0969. The maximum atomic E-state index is 12.2. The molecule has 2 rings (SSSR count). The van der Waals surface area contributed by atoms with Crippen LogP contribution in [0.1, 0.15) is 44.1 Å². The van der Waals surface area contributed by atoms with Crippen molar-refractivity contribution in [3.63, 3.8) is 0 Å². The number of nitrogens with zero attached hydrogens (tertiary/aromatic N) is 4. The summed E-state index contributed by atoms with van der Waals surface area (Å²) in [4.78, 5) is 36.0. The number of carbonyl (C=O) groups excluding carboxylic acids is 2. The molecule has 7 nitrogen and oxygen atoms in total. The van der Waals surface area contributed by atoms with Crippen LogP contribution in [0.3, 0.4) is 0 Å². The van der Waals surface area contributed by atoms with Crippen molar-refractivity contribution in [3.05, 3.63) is 24.3 Å². The molecule has 0 saturated carbocycles. The van der Waals surface area contributed by atoms with Crippen LogP contribution in [0, 0.1) is 0 Å². The Labute approximate surface area is 143 Å². The second-order valence-electron chi connectivity index (χ2n) is 7.11. The van der Waals surface area contributed by atoms with Crippen molar-refractivity contribution in [3.8, 4) is 0 Å². The van der Waals surface area contributed by atoms with Crippen molar-refractivity contribution in [2.24, 2.45) is 0 Å². The first-order chi connectivity index (χ1) is 11.3. The van der Waals surface area contributed by atoms with Gasteiger partial charge in [-0.2, -0.15) is 0 Å². The van der Waals surface area contributed by atoms with E-state index in [2.05, 4.69) is 14.9 Å². The Kier molecular flexibility index (Phi) is 5.88. The predicted molar refractivity (Wildman–Crippen MR) is 89.8 cm³/mol. The zero-order valence-corrected chi connectivity index (χ0v) is 14.9. The zero-order chi connectivity index (χ0) is 17.7. The minimum absolute atomic E-state index is 0.0259. The number of likely N-dealkylation sites (tertiary alicyclic amines) is 1.